The molecule has 1 amide bonds. The normalized spacial score (nSPS) is 10.3. The van der Waals surface area contributed by atoms with E-state index in [0.29, 0.717) is 5.56 Å². The van der Waals surface area contributed by atoms with Crippen LogP contribution in [0.4, 0.5) is 0 Å². The molecular formula is C14H14N2O3. The Hall–Kier alpha value is -2.56. The molecule has 2 rings (SSSR count). The zero-order valence-electron chi connectivity index (χ0n) is 10.3. The Balaban J connectivity index is 2.28. The van der Waals surface area contributed by atoms with Crippen molar-refractivity contribution >= 4 is 22.8 Å². The summed E-state index contributed by atoms with van der Waals surface area (Å²) in [7, 11) is 0. The highest BCUT2D eigenvalue weighted by Crippen LogP contribution is 2.15. The number of carbonyl (C=O) groups excluding carboxylic acids is 1. The lowest BCUT2D eigenvalue weighted by Crippen LogP contribution is -2.35. The summed E-state index contributed by atoms with van der Waals surface area (Å²) in [5, 5.41) is 9.73. The standard InChI is InChI=1S/C14H14N2O3/c1-2-7-16(9-13(17)18)14(19)11-3-4-12-10(8-11)5-6-15-12/h2-6,8,15H,1,7,9H2,(H,17,18). The molecule has 0 saturated heterocycles. The van der Waals surface area contributed by atoms with Crippen LogP contribution in [0, 0.1) is 0 Å². The molecule has 0 aliphatic carbocycles. The molecule has 0 aliphatic heterocycles. The van der Waals surface area contributed by atoms with Crippen LogP contribution in [0.15, 0.2) is 43.1 Å². The van der Waals surface area contributed by atoms with E-state index in [1.807, 2.05) is 6.07 Å². The predicted octanol–water partition coefficient (Wildman–Crippen LogP) is 1.88. The van der Waals surface area contributed by atoms with Gasteiger partial charge in [-0.05, 0) is 24.3 Å². The molecule has 5 heteroatoms. The number of aliphatic carboxylic acids is 1. The number of aromatic amines is 1. The topological polar surface area (TPSA) is 73.4 Å². The van der Waals surface area contributed by atoms with Crippen molar-refractivity contribution in [3.8, 4) is 0 Å². The fraction of sp³-hybridized carbons (Fsp3) is 0.143. The van der Waals surface area contributed by atoms with Gasteiger partial charge in [0.1, 0.15) is 6.54 Å². The maximum atomic E-state index is 12.2. The third-order valence-electron chi connectivity index (χ3n) is 2.76. The Morgan fingerprint density at radius 1 is 1.37 bits per heavy atom. The Labute approximate surface area is 110 Å². The van der Waals surface area contributed by atoms with Crippen LogP contribution in [-0.2, 0) is 4.79 Å². The zero-order valence-corrected chi connectivity index (χ0v) is 10.3. The Kier molecular flexibility index (Phi) is 3.66. The number of carboxylic acid groups (broad SMARTS) is 1. The van der Waals surface area contributed by atoms with Gasteiger partial charge in [0.05, 0.1) is 0 Å². The van der Waals surface area contributed by atoms with Crippen molar-refractivity contribution in [1.29, 1.82) is 0 Å². The number of nitrogens with zero attached hydrogens (tertiary/aromatic N) is 1. The van der Waals surface area contributed by atoms with Crippen molar-refractivity contribution in [3.63, 3.8) is 0 Å². The molecule has 1 heterocycles. The molecule has 0 atom stereocenters. The largest absolute Gasteiger partial charge is 0.480 e. The number of nitrogens with one attached hydrogen (secondary N) is 1. The number of hydrogen-bond donors (Lipinski definition) is 2. The first-order chi connectivity index (χ1) is 9.11. The summed E-state index contributed by atoms with van der Waals surface area (Å²) >= 11 is 0. The summed E-state index contributed by atoms with van der Waals surface area (Å²) in [5.74, 6) is -1.36. The molecular weight excluding hydrogens is 244 g/mol. The van der Waals surface area contributed by atoms with Crippen LogP contribution in [0.2, 0.25) is 0 Å². The van der Waals surface area contributed by atoms with Crippen LogP contribution in [0.5, 0.6) is 0 Å². The second kappa shape index (κ2) is 5.39. The summed E-state index contributed by atoms with van der Waals surface area (Å²) < 4.78 is 0. The van der Waals surface area contributed by atoms with Crippen LogP contribution in [0.1, 0.15) is 10.4 Å². The van der Waals surface area contributed by atoms with Crippen molar-refractivity contribution in [1.82, 2.24) is 9.88 Å². The molecule has 0 fully saturated rings. The first-order valence-electron chi connectivity index (χ1n) is 5.81. The third kappa shape index (κ3) is 2.82. The number of hydrogen-bond acceptors (Lipinski definition) is 2. The molecule has 5 nitrogen and oxygen atoms in total. The van der Waals surface area contributed by atoms with E-state index in [9.17, 15) is 9.59 Å². The summed E-state index contributed by atoms with van der Waals surface area (Å²) in [5.41, 5.74) is 1.40. The van der Waals surface area contributed by atoms with Gasteiger partial charge in [0.15, 0.2) is 0 Å². The van der Waals surface area contributed by atoms with E-state index in [-0.39, 0.29) is 19.0 Å². The molecule has 0 saturated carbocycles. The van der Waals surface area contributed by atoms with Gasteiger partial charge < -0.3 is 15.0 Å². The number of H-pyrrole nitrogens is 1. The monoisotopic (exact) mass is 258 g/mol. The molecule has 0 bridgehead atoms. The highest BCUT2D eigenvalue weighted by atomic mass is 16.4. The van der Waals surface area contributed by atoms with Gasteiger partial charge in [-0.15, -0.1) is 6.58 Å². The van der Waals surface area contributed by atoms with E-state index in [2.05, 4.69) is 11.6 Å². The van der Waals surface area contributed by atoms with Crippen LogP contribution < -0.4 is 0 Å². The van der Waals surface area contributed by atoms with Crippen molar-refractivity contribution in [2.45, 2.75) is 0 Å². The Morgan fingerprint density at radius 3 is 2.84 bits per heavy atom. The molecule has 0 aliphatic rings. The lowest BCUT2D eigenvalue weighted by Gasteiger charge is -2.18. The van der Waals surface area contributed by atoms with Crippen molar-refractivity contribution < 1.29 is 14.7 Å². The predicted molar refractivity (Wildman–Crippen MR) is 72.0 cm³/mol. The second-order valence-corrected chi connectivity index (χ2v) is 4.15. The molecule has 2 aromatic rings. The molecule has 0 radical (unpaired) electrons. The van der Waals surface area contributed by atoms with Gasteiger partial charge in [0.25, 0.3) is 5.91 Å². The minimum atomic E-state index is -1.04. The number of fused-ring (bicyclic) bond motifs is 1. The summed E-state index contributed by atoms with van der Waals surface area (Å²) in [6, 6.07) is 7.09. The van der Waals surface area contributed by atoms with E-state index in [0.717, 1.165) is 10.9 Å². The van der Waals surface area contributed by atoms with Gasteiger partial charge >= 0.3 is 5.97 Å². The molecule has 19 heavy (non-hydrogen) atoms. The smallest absolute Gasteiger partial charge is 0.323 e. The van der Waals surface area contributed by atoms with Crippen molar-refractivity contribution in [3.05, 3.63) is 48.7 Å². The molecule has 1 aromatic heterocycles. The zero-order chi connectivity index (χ0) is 13.8. The minimum Gasteiger partial charge on any atom is -0.480 e. The maximum Gasteiger partial charge on any atom is 0.323 e. The van der Waals surface area contributed by atoms with Crippen molar-refractivity contribution in [2.75, 3.05) is 13.1 Å². The van der Waals surface area contributed by atoms with E-state index in [4.69, 9.17) is 5.11 Å². The average molecular weight is 258 g/mol. The third-order valence-corrected chi connectivity index (χ3v) is 2.76. The number of aromatic nitrogens is 1. The average Bonchev–Trinajstić information content (AvgIpc) is 2.84. The molecule has 1 aromatic carbocycles. The highest BCUT2D eigenvalue weighted by Gasteiger charge is 2.17. The van der Waals surface area contributed by atoms with E-state index in [1.165, 1.54) is 11.0 Å². The van der Waals surface area contributed by atoms with Crippen LogP contribution in [0.3, 0.4) is 0 Å². The number of carboxylic acids is 1. The second-order valence-electron chi connectivity index (χ2n) is 4.15. The lowest BCUT2D eigenvalue weighted by molar-refractivity contribution is -0.137. The first-order valence-corrected chi connectivity index (χ1v) is 5.81. The summed E-state index contributed by atoms with van der Waals surface area (Å²) in [6.07, 6.45) is 3.30. The summed E-state index contributed by atoms with van der Waals surface area (Å²) in [4.78, 5) is 27.3. The fourth-order valence-corrected chi connectivity index (χ4v) is 1.91. The van der Waals surface area contributed by atoms with Crippen LogP contribution >= 0.6 is 0 Å². The SMILES string of the molecule is C=CCN(CC(=O)O)C(=O)c1ccc2[nH]ccc2c1. The Bertz CT molecular complexity index is 630. The summed E-state index contributed by atoms with van der Waals surface area (Å²) in [6.45, 7) is 3.40. The van der Waals surface area contributed by atoms with Gasteiger partial charge in [0, 0.05) is 29.2 Å². The van der Waals surface area contributed by atoms with Gasteiger partial charge in [-0.3, -0.25) is 9.59 Å². The van der Waals surface area contributed by atoms with Gasteiger partial charge in [0.2, 0.25) is 0 Å². The first kappa shape index (κ1) is 12.9. The molecule has 2 N–H and O–H groups in total. The molecule has 98 valence electrons. The maximum absolute atomic E-state index is 12.2. The number of amides is 1. The number of rotatable bonds is 5. The van der Waals surface area contributed by atoms with Gasteiger partial charge in [-0.25, -0.2) is 0 Å². The van der Waals surface area contributed by atoms with Gasteiger partial charge in [-0.1, -0.05) is 6.08 Å². The van der Waals surface area contributed by atoms with Crippen molar-refractivity contribution in [2.24, 2.45) is 0 Å². The van der Waals surface area contributed by atoms with Crippen LogP contribution in [-0.4, -0.2) is 40.0 Å². The molecule has 0 spiro atoms. The van der Waals surface area contributed by atoms with E-state index >= 15 is 0 Å². The van der Waals surface area contributed by atoms with Crippen LogP contribution in [0.25, 0.3) is 10.9 Å². The number of benzene rings is 1. The highest BCUT2D eigenvalue weighted by molar-refractivity contribution is 5.99. The van der Waals surface area contributed by atoms with E-state index < -0.39 is 5.97 Å². The lowest BCUT2D eigenvalue weighted by atomic mass is 10.1. The minimum absolute atomic E-state index is 0.205. The van der Waals surface area contributed by atoms with E-state index in [1.54, 1.807) is 24.4 Å². The Morgan fingerprint density at radius 2 is 2.16 bits per heavy atom. The quantitative estimate of drug-likeness (QED) is 0.804. The number of carbonyl (C=O) groups is 2. The van der Waals surface area contributed by atoms with Gasteiger partial charge in [-0.2, -0.15) is 0 Å². The molecule has 0 unspecified atom stereocenters. The fourth-order valence-electron chi connectivity index (χ4n) is 1.91.